The predicted octanol–water partition coefficient (Wildman–Crippen LogP) is 4.39. The standard InChI is InChI=1S/C17H19ClN2O2S/c1-2-16(21)20(10-14-4-3-9-22-14)17-19-15(11-23-17)12-5-7-13(18)8-6-12/h5-8,11,14H,2-4,9-10H2,1H3. The number of ether oxygens (including phenoxy) is 1. The summed E-state index contributed by atoms with van der Waals surface area (Å²) < 4.78 is 5.67. The molecule has 1 saturated heterocycles. The Morgan fingerprint density at radius 3 is 2.87 bits per heavy atom. The third kappa shape index (κ3) is 3.91. The molecule has 4 nitrogen and oxygen atoms in total. The maximum atomic E-state index is 12.3. The van der Waals surface area contributed by atoms with Gasteiger partial charge in [-0.2, -0.15) is 0 Å². The van der Waals surface area contributed by atoms with Gasteiger partial charge in [-0.1, -0.05) is 30.7 Å². The highest BCUT2D eigenvalue weighted by molar-refractivity contribution is 7.14. The molecule has 1 aliphatic rings. The minimum absolute atomic E-state index is 0.0810. The number of carbonyl (C=O) groups excluding carboxylic acids is 1. The quantitative estimate of drug-likeness (QED) is 0.803. The highest BCUT2D eigenvalue weighted by atomic mass is 35.5. The van der Waals surface area contributed by atoms with Crippen LogP contribution >= 0.6 is 22.9 Å². The largest absolute Gasteiger partial charge is 0.376 e. The lowest BCUT2D eigenvalue weighted by Crippen LogP contribution is -2.37. The summed E-state index contributed by atoms with van der Waals surface area (Å²) in [6.45, 7) is 3.24. The Bertz CT molecular complexity index is 665. The van der Waals surface area contributed by atoms with Crippen LogP contribution in [-0.4, -0.2) is 30.1 Å². The minimum Gasteiger partial charge on any atom is -0.376 e. The summed E-state index contributed by atoms with van der Waals surface area (Å²) in [6.07, 6.45) is 2.64. The minimum atomic E-state index is 0.0810. The fraction of sp³-hybridized carbons (Fsp3) is 0.412. The van der Waals surface area contributed by atoms with Crippen LogP contribution in [0.1, 0.15) is 26.2 Å². The van der Waals surface area contributed by atoms with E-state index in [9.17, 15) is 4.79 Å². The molecule has 1 aromatic heterocycles. The molecule has 122 valence electrons. The number of thiazole rings is 1. The fourth-order valence-corrected chi connectivity index (χ4v) is 3.60. The van der Waals surface area contributed by atoms with E-state index < -0.39 is 0 Å². The van der Waals surface area contributed by atoms with Crippen LogP contribution in [0.4, 0.5) is 5.13 Å². The summed E-state index contributed by atoms with van der Waals surface area (Å²) in [6, 6.07) is 7.56. The number of carbonyl (C=O) groups is 1. The topological polar surface area (TPSA) is 42.4 Å². The number of anilines is 1. The smallest absolute Gasteiger partial charge is 0.228 e. The number of aromatic nitrogens is 1. The second-order valence-electron chi connectivity index (χ2n) is 5.52. The summed E-state index contributed by atoms with van der Waals surface area (Å²) in [7, 11) is 0. The molecule has 2 heterocycles. The highest BCUT2D eigenvalue weighted by Crippen LogP contribution is 2.29. The molecule has 1 amide bonds. The molecule has 1 aliphatic heterocycles. The normalized spacial score (nSPS) is 17.4. The molecule has 1 unspecified atom stereocenters. The van der Waals surface area contributed by atoms with E-state index in [4.69, 9.17) is 16.3 Å². The van der Waals surface area contributed by atoms with Crippen LogP contribution < -0.4 is 4.90 Å². The van der Waals surface area contributed by atoms with Gasteiger partial charge in [0.25, 0.3) is 0 Å². The van der Waals surface area contributed by atoms with Crippen molar-refractivity contribution in [1.29, 1.82) is 0 Å². The van der Waals surface area contributed by atoms with Gasteiger partial charge in [-0.25, -0.2) is 4.98 Å². The Hall–Kier alpha value is -1.43. The van der Waals surface area contributed by atoms with E-state index in [1.54, 1.807) is 4.90 Å². The van der Waals surface area contributed by atoms with Gasteiger partial charge < -0.3 is 4.74 Å². The van der Waals surface area contributed by atoms with E-state index in [1.807, 2.05) is 36.6 Å². The van der Waals surface area contributed by atoms with Crippen molar-refractivity contribution in [1.82, 2.24) is 4.98 Å². The van der Waals surface area contributed by atoms with Gasteiger partial charge >= 0.3 is 0 Å². The molecule has 23 heavy (non-hydrogen) atoms. The van der Waals surface area contributed by atoms with Gasteiger partial charge in [0.15, 0.2) is 5.13 Å². The Morgan fingerprint density at radius 2 is 2.22 bits per heavy atom. The van der Waals surface area contributed by atoms with Crippen LogP contribution in [0.2, 0.25) is 5.02 Å². The van der Waals surface area contributed by atoms with E-state index >= 15 is 0 Å². The number of halogens is 1. The number of hydrogen-bond acceptors (Lipinski definition) is 4. The first-order chi connectivity index (χ1) is 11.2. The molecular formula is C17H19ClN2O2S. The van der Waals surface area contributed by atoms with Gasteiger partial charge in [0.05, 0.1) is 18.3 Å². The van der Waals surface area contributed by atoms with E-state index in [2.05, 4.69) is 4.98 Å². The van der Waals surface area contributed by atoms with E-state index in [0.29, 0.717) is 18.0 Å². The summed E-state index contributed by atoms with van der Waals surface area (Å²) in [5, 5.41) is 3.41. The molecule has 6 heteroatoms. The van der Waals surface area contributed by atoms with Crippen molar-refractivity contribution < 1.29 is 9.53 Å². The Kier molecular flexibility index (Phi) is 5.30. The van der Waals surface area contributed by atoms with Gasteiger partial charge in [0.1, 0.15) is 0 Å². The third-order valence-electron chi connectivity index (χ3n) is 3.88. The van der Waals surface area contributed by atoms with Crippen molar-refractivity contribution in [3.63, 3.8) is 0 Å². The Morgan fingerprint density at radius 1 is 1.43 bits per heavy atom. The maximum Gasteiger partial charge on any atom is 0.228 e. The van der Waals surface area contributed by atoms with E-state index in [0.717, 1.165) is 35.8 Å². The molecule has 0 radical (unpaired) electrons. The summed E-state index contributed by atoms with van der Waals surface area (Å²) in [5.74, 6) is 0.0810. The zero-order valence-electron chi connectivity index (χ0n) is 13.0. The second kappa shape index (κ2) is 7.43. The monoisotopic (exact) mass is 350 g/mol. The number of benzene rings is 1. The van der Waals surface area contributed by atoms with Crippen LogP contribution in [0.5, 0.6) is 0 Å². The lowest BCUT2D eigenvalue weighted by Gasteiger charge is -2.22. The van der Waals surface area contributed by atoms with Crippen LogP contribution in [-0.2, 0) is 9.53 Å². The lowest BCUT2D eigenvalue weighted by molar-refractivity contribution is -0.118. The first-order valence-electron chi connectivity index (χ1n) is 7.81. The van der Waals surface area contributed by atoms with Crippen LogP contribution in [0.3, 0.4) is 0 Å². The SMILES string of the molecule is CCC(=O)N(CC1CCCO1)c1nc(-c2ccc(Cl)cc2)cs1. The molecular weight excluding hydrogens is 332 g/mol. The Labute approximate surface area is 145 Å². The summed E-state index contributed by atoms with van der Waals surface area (Å²) in [5.41, 5.74) is 1.86. The first kappa shape index (κ1) is 16.4. The van der Waals surface area contributed by atoms with Gasteiger partial charge in [0, 0.05) is 29.0 Å². The van der Waals surface area contributed by atoms with Gasteiger partial charge in [-0.3, -0.25) is 9.69 Å². The number of rotatable bonds is 5. The van der Waals surface area contributed by atoms with Gasteiger partial charge in [-0.15, -0.1) is 11.3 Å². The number of hydrogen-bond donors (Lipinski definition) is 0. The molecule has 0 spiro atoms. The number of amides is 1. The molecule has 0 saturated carbocycles. The van der Waals surface area contributed by atoms with E-state index in [1.165, 1.54) is 11.3 Å². The molecule has 1 fully saturated rings. The fourth-order valence-electron chi connectivity index (χ4n) is 2.61. The van der Waals surface area contributed by atoms with Crippen molar-refractivity contribution in [3.8, 4) is 11.3 Å². The Balaban J connectivity index is 1.81. The summed E-state index contributed by atoms with van der Waals surface area (Å²) >= 11 is 7.41. The molecule has 1 aromatic carbocycles. The summed E-state index contributed by atoms with van der Waals surface area (Å²) in [4.78, 5) is 18.7. The van der Waals surface area contributed by atoms with Crippen molar-refractivity contribution in [2.24, 2.45) is 0 Å². The first-order valence-corrected chi connectivity index (χ1v) is 9.06. The average Bonchev–Trinajstić information content (AvgIpc) is 3.24. The lowest BCUT2D eigenvalue weighted by atomic mass is 10.2. The van der Waals surface area contributed by atoms with Gasteiger partial charge in [-0.05, 0) is 25.0 Å². The second-order valence-corrected chi connectivity index (χ2v) is 6.79. The third-order valence-corrected chi connectivity index (χ3v) is 4.99. The average molecular weight is 351 g/mol. The zero-order valence-corrected chi connectivity index (χ0v) is 14.6. The highest BCUT2D eigenvalue weighted by Gasteiger charge is 2.25. The van der Waals surface area contributed by atoms with Crippen LogP contribution in [0.25, 0.3) is 11.3 Å². The van der Waals surface area contributed by atoms with Crippen LogP contribution in [0, 0.1) is 0 Å². The molecule has 0 N–H and O–H groups in total. The zero-order chi connectivity index (χ0) is 16.2. The maximum absolute atomic E-state index is 12.3. The van der Waals surface area contributed by atoms with E-state index in [-0.39, 0.29) is 12.0 Å². The number of nitrogens with zero attached hydrogens (tertiary/aromatic N) is 2. The molecule has 2 aromatic rings. The molecule has 3 rings (SSSR count). The van der Waals surface area contributed by atoms with Gasteiger partial charge in [0.2, 0.25) is 5.91 Å². The van der Waals surface area contributed by atoms with Crippen molar-refractivity contribution in [2.75, 3.05) is 18.1 Å². The predicted molar refractivity (Wildman–Crippen MR) is 94.2 cm³/mol. The molecule has 0 aliphatic carbocycles. The molecule has 1 atom stereocenters. The van der Waals surface area contributed by atoms with Crippen molar-refractivity contribution >= 4 is 34.0 Å². The van der Waals surface area contributed by atoms with Crippen molar-refractivity contribution in [3.05, 3.63) is 34.7 Å². The van der Waals surface area contributed by atoms with Crippen molar-refractivity contribution in [2.45, 2.75) is 32.3 Å². The molecule has 0 bridgehead atoms. The van der Waals surface area contributed by atoms with Crippen LogP contribution in [0.15, 0.2) is 29.6 Å².